The Morgan fingerprint density at radius 3 is 2.77 bits per heavy atom. The third kappa shape index (κ3) is 3.33. The topological polar surface area (TPSA) is 75.2 Å². The second kappa shape index (κ2) is 7.11. The van der Waals surface area contributed by atoms with Gasteiger partial charge in [0.05, 0.1) is 11.6 Å². The second-order valence-electron chi connectivity index (χ2n) is 6.77. The maximum absolute atomic E-state index is 13.9. The SMILES string of the molecule is O=C(Nc1nnc(C2CCCC2)s1)[C@@H]1CC(=O)N(c2ccccc2F)C1. The van der Waals surface area contributed by atoms with E-state index >= 15 is 0 Å². The van der Waals surface area contributed by atoms with Crippen LogP contribution in [-0.2, 0) is 9.59 Å². The summed E-state index contributed by atoms with van der Waals surface area (Å²) in [7, 11) is 0. The van der Waals surface area contributed by atoms with Gasteiger partial charge in [-0.2, -0.15) is 0 Å². The molecule has 1 N–H and O–H groups in total. The Morgan fingerprint density at radius 2 is 2.00 bits per heavy atom. The summed E-state index contributed by atoms with van der Waals surface area (Å²) in [5.74, 6) is -1.07. The van der Waals surface area contributed by atoms with Crippen LogP contribution in [0.25, 0.3) is 0 Å². The van der Waals surface area contributed by atoms with E-state index < -0.39 is 11.7 Å². The Balaban J connectivity index is 1.41. The Morgan fingerprint density at radius 1 is 1.23 bits per heavy atom. The van der Waals surface area contributed by atoms with Gasteiger partial charge in [-0.1, -0.05) is 36.3 Å². The minimum Gasteiger partial charge on any atom is -0.309 e. The minimum absolute atomic E-state index is 0.0639. The first-order valence-corrected chi connectivity index (χ1v) is 9.62. The second-order valence-corrected chi connectivity index (χ2v) is 7.78. The molecule has 1 aromatic carbocycles. The van der Waals surface area contributed by atoms with E-state index in [1.54, 1.807) is 18.2 Å². The number of benzene rings is 1. The lowest BCUT2D eigenvalue weighted by Crippen LogP contribution is -2.28. The molecule has 2 heterocycles. The lowest BCUT2D eigenvalue weighted by Gasteiger charge is -2.17. The summed E-state index contributed by atoms with van der Waals surface area (Å²) >= 11 is 1.40. The molecule has 1 aliphatic heterocycles. The van der Waals surface area contributed by atoms with Gasteiger partial charge in [-0.15, -0.1) is 10.2 Å². The fourth-order valence-corrected chi connectivity index (χ4v) is 4.53. The van der Waals surface area contributed by atoms with Gasteiger partial charge in [0, 0.05) is 18.9 Å². The van der Waals surface area contributed by atoms with E-state index in [2.05, 4.69) is 15.5 Å². The molecule has 2 aliphatic rings. The highest BCUT2D eigenvalue weighted by molar-refractivity contribution is 7.15. The average molecular weight is 374 g/mol. The van der Waals surface area contributed by atoms with E-state index in [-0.39, 0.29) is 30.5 Å². The van der Waals surface area contributed by atoms with E-state index in [0.29, 0.717) is 11.0 Å². The van der Waals surface area contributed by atoms with Crippen molar-refractivity contribution in [3.05, 3.63) is 35.1 Å². The number of carbonyl (C=O) groups is 2. The summed E-state index contributed by atoms with van der Waals surface area (Å²) in [5.41, 5.74) is 0.215. The molecule has 0 unspecified atom stereocenters. The number of carbonyl (C=O) groups excluding carboxylic acids is 2. The Bertz CT molecular complexity index is 834. The molecule has 0 spiro atoms. The van der Waals surface area contributed by atoms with Crippen LogP contribution >= 0.6 is 11.3 Å². The van der Waals surface area contributed by atoms with Gasteiger partial charge in [-0.25, -0.2) is 4.39 Å². The first kappa shape index (κ1) is 17.1. The van der Waals surface area contributed by atoms with Crippen molar-refractivity contribution in [2.24, 2.45) is 5.92 Å². The molecule has 1 aliphatic carbocycles. The van der Waals surface area contributed by atoms with E-state index in [9.17, 15) is 14.0 Å². The number of amides is 2. The van der Waals surface area contributed by atoms with Gasteiger partial charge < -0.3 is 10.2 Å². The lowest BCUT2D eigenvalue weighted by atomic mass is 10.1. The zero-order chi connectivity index (χ0) is 18.1. The summed E-state index contributed by atoms with van der Waals surface area (Å²) in [6, 6.07) is 6.10. The first-order chi connectivity index (χ1) is 12.6. The summed E-state index contributed by atoms with van der Waals surface area (Å²) in [6.07, 6.45) is 4.73. The monoisotopic (exact) mass is 374 g/mol. The first-order valence-electron chi connectivity index (χ1n) is 8.81. The molecule has 4 rings (SSSR count). The third-order valence-electron chi connectivity index (χ3n) is 5.01. The van der Waals surface area contributed by atoms with Crippen LogP contribution < -0.4 is 10.2 Å². The molecule has 6 nitrogen and oxygen atoms in total. The Hall–Kier alpha value is -2.35. The zero-order valence-corrected chi connectivity index (χ0v) is 15.0. The van der Waals surface area contributed by atoms with Crippen molar-refractivity contribution >= 4 is 34.0 Å². The Kier molecular flexibility index (Phi) is 4.67. The van der Waals surface area contributed by atoms with Crippen LogP contribution in [0, 0.1) is 11.7 Å². The van der Waals surface area contributed by atoms with Gasteiger partial charge in [0.2, 0.25) is 16.9 Å². The third-order valence-corrected chi connectivity index (χ3v) is 6.02. The molecule has 2 amide bonds. The zero-order valence-electron chi connectivity index (χ0n) is 14.2. The highest BCUT2D eigenvalue weighted by atomic mass is 32.1. The quantitative estimate of drug-likeness (QED) is 0.891. The summed E-state index contributed by atoms with van der Waals surface area (Å²) in [6.45, 7) is 0.167. The number of hydrogen-bond donors (Lipinski definition) is 1. The highest BCUT2D eigenvalue weighted by Gasteiger charge is 2.36. The van der Waals surface area contributed by atoms with Crippen molar-refractivity contribution in [3.63, 3.8) is 0 Å². The van der Waals surface area contributed by atoms with Crippen molar-refractivity contribution in [2.75, 3.05) is 16.8 Å². The number of halogens is 1. The van der Waals surface area contributed by atoms with Gasteiger partial charge in [-0.05, 0) is 25.0 Å². The highest BCUT2D eigenvalue weighted by Crippen LogP contribution is 2.36. The predicted octanol–water partition coefficient (Wildman–Crippen LogP) is 3.33. The lowest BCUT2D eigenvalue weighted by molar-refractivity contribution is -0.122. The van der Waals surface area contributed by atoms with Crippen LogP contribution in [0.1, 0.15) is 43.0 Å². The number of nitrogens with zero attached hydrogens (tertiary/aromatic N) is 3. The molecule has 2 fully saturated rings. The van der Waals surface area contributed by atoms with Crippen LogP contribution in [0.15, 0.2) is 24.3 Å². The number of nitrogens with one attached hydrogen (secondary N) is 1. The van der Waals surface area contributed by atoms with Crippen molar-refractivity contribution in [1.29, 1.82) is 0 Å². The summed E-state index contributed by atoms with van der Waals surface area (Å²) in [5, 5.41) is 12.5. The summed E-state index contributed by atoms with van der Waals surface area (Å²) < 4.78 is 13.9. The van der Waals surface area contributed by atoms with Crippen LogP contribution in [0.5, 0.6) is 0 Å². The molecule has 0 radical (unpaired) electrons. The van der Waals surface area contributed by atoms with E-state index in [4.69, 9.17) is 0 Å². The molecule has 136 valence electrons. The number of anilines is 2. The normalized spacial score (nSPS) is 20.7. The maximum atomic E-state index is 13.9. The number of para-hydroxylation sites is 1. The largest absolute Gasteiger partial charge is 0.309 e. The molecule has 26 heavy (non-hydrogen) atoms. The fourth-order valence-electron chi connectivity index (χ4n) is 3.62. The molecular formula is C18H19FN4O2S. The molecule has 8 heteroatoms. The fraction of sp³-hybridized carbons (Fsp3) is 0.444. The molecule has 0 bridgehead atoms. The van der Waals surface area contributed by atoms with Gasteiger partial charge in [0.15, 0.2) is 0 Å². The smallest absolute Gasteiger partial charge is 0.231 e. The van der Waals surface area contributed by atoms with Crippen LogP contribution in [-0.4, -0.2) is 28.6 Å². The van der Waals surface area contributed by atoms with Crippen LogP contribution in [0.4, 0.5) is 15.2 Å². The van der Waals surface area contributed by atoms with Crippen molar-refractivity contribution in [1.82, 2.24) is 10.2 Å². The van der Waals surface area contributed by atoms with Gasteiger partial charge in [-0.3, -0.25) is 9.59 Å². The van der Waals surface area contributed by atoms with Crippen molar-refractivity contribution in [3.8, 4) is 0 Å². The Labute approximate surface area is 154 Å². The number of rotatable bonds is 4. The van der Waals surface area contributed by atoms with Gasteiger partial charge in [0.25, 0.3) is 0 Å². The standard InChI is InChI=1S/C18H19FN4O2S/c19-13-7-3-4-8-14(13)23-10-12(9-15(23)24)16(25)20-18-22-21-17(26-18)11-5-1-2-6-11/h3-4,7-8,11-12H,1-2,5-6,9-10H2,(H,20,22,25)/t12-/m1/s1. The molecule has 2 aromatic rings. The number of hydrogen-bond acceptors (Lipinski definition) is 5. The average Bonchev–Trinajstić information content (AvgIpc) is 3.35. The van der Waals surface area contributed by atoms with Crippen LogP contribution in [0.2, 0.25) is 0 Å². The van der Waals surface area contributed by atoms with Crippen molar-refractivity contribution in [2.45, 2.75) is 38.0 Å². The van der Waals surface area contributed by atoms with E-state index in [1.165, 1.54) is 35.1 Å². The van der Waals surface area contributed by atoms with Gasteiger partial charge >= 0.3 is 0 Å². The molecule has 1 saturated heterocycles. The molecule has 1 saturated carbocycles. The van der Waals surface area contributed by atoms with Crippen molar-refractivity contribution < 1.29 is 14.0 Å². The molecule has 1 atom stereocenters. The maximum Gasteiger partial charge on any atom is 0.231 e. The van der Waals surface area contributed by atoms with E-state index in [1.807, 2.05) is 0 Å². The minimum atomic E-state index is -0.527. The summed E-state index contributed by atoms with van der Waals surface area (Å²) in [4.78, 5) is 26.1. The number of aromatic nitrogens is 2. The van der Waals surface area contributed by atoms with E-state index in [0.717, 1.165) is 17.8 Å². The molecule has 1 aromatic heterocycles. The predicted molar refractivity (Wildman–Crippen MR) is 96.6 cm³/mol. The van der Waals surface area contributed by atoms with Crippen LogP contribution in [0.3, 0.4) is 0 Å². The molecular weight excluding hydrogens is 355 g/mol. The van der Waals surface area contributed by atoms with Gasteiger partial charge in [0.1, 0.15) is 10.8 Å².